The molecule has 1 unspecified atom stereocenters. The highest BCUT2D eigenvalue weighted by Crippen LogP contribution is 2.44. The molecule has 3 aromatic rings. The number of hydrogen-bond acceptors (Lipinski definition) is 5. The Morgan fingerprint density at radius 1 is 1.00 bits per heavy atom. The summed E-state index contributed by atoms with van der Waals surface area (Å²) in [6.45, 7) is 4.30. The highest BCUT2D eigenvalue weighted by atomic mass is 32.2. The smallest absolute Gasteiger partial charge is 0.144 e. The van der Waals surface area contributed by atoms with Crippen molar-refractivity contribution >= 4 is 22.7 Å². The van der Waals surface area contributed by atoms with Crippen LogP contribution in [0, 0.1) is 0 Å². The van der Waals surface area contributed by atoms with E-state index in [1.165, 1.54) is 35.8 Å². The molecule has 1 saturated heterocycles. The van der Waals surface area contributed by atoms with E-state index in [2.05, 4.69) is 53.4 Å². The van der Waals surface area contributed by atoms with Crippen molar-refractivity contribution in [2.45, 2.75) is 36.1 Å². The lowest BCUT2D eigenvalue weighted by molar-refractivity contribution is 0.0330. The monoisotopic (exact) mass is 391 g/mol. The molecule has 28 heavy (non-hydrogen) atoms. The number of fused-ring (bicyclic) bond motifs is 2. The second-order valence-corrected chi connectivity index (χ2v) is 8.74. The molecule has 0 bridgehead atoms. The Hall–Kier alpha value is -1.95. The van der Waals surface area contributed by atoms with E-state index in [4.69, 9.17) is 14.7 Å². The zero-order valence-corrected chi connectivity index (χ0v) is 16.8. The van der Waals surface area contributed by atoms with Gasteiger partial charge in [0.15, 0.2) is 0 Å². The quantitative estimate of drug-likeness (QED) is 0.606. The molecule has 5 heteroatoms. The van der Waals surface area contributed by atoms with E-state index in [1.54, 1.807) is 0 Å². The van der Waals surface area contributed by atoms with E-state index >= 15 is 0 Å². The van der Waals surface area contributed by atoms with E-state index in [0.717, 1.165) is 49.2 Å². The summed E-state index contributed by atoms with van der Waals surface area (Å²) in [6.07, 6.45) is 3.65. The number of para-hydroxylation sites is 1. The molecule has 5 rings (SSSR count). The standard InChI is InChI=1S/C23H25N3OS/c1-2-8-18-17(6-1)7-5-11-21(18)28-23-19-9-3-4-10-20(19)24-22(25-23)16-26-12-14-27-15-13-26/h1-4,6,8-10,21H,5,7,11-16H2. The van der Waals surface area contributed by atoms with E-state index < -0.39 is 0 Å². The minimum atomic E-state index is 0.472. The molecule has 0 saturated carbocycles. The van der Waals surface area contributed by atoms with Crippen molar-refractivity contribution in [2.75, 3.05) is 26.3 Å². The maximum absolute atomic E-state index is 5.48. The van der Waals surface area contributed by atoms with Gasteiger partial charge >= 0.3 is 0 Å². The van der Waals surface area contributed by atoms with Gasteiger partial charge in [-0.15, -0.1) is 0 Å². The largest absolute Gasteiger partial charge is 0.379 e. The molecule has 4 nitrogen and oxygen atoms in total. The highest BCUT2D eigenvalue weighted by Gasteiger charge is 2.23. The number of rotatable bonds is 4. The summed E-state index contributed by atoms with van der Waals surface area (Å²) < 4.78 is 5.48. The SMILES string of the molecule is c1ccc2c(c1)CCCC2Sc1nc(CN2CCOCC2)nc2ccccc12. The van der Waals surface area contributed by atoms with Crippen LogP contribution in [0.15, 0.2) is 53.6 Å². The van der Waals surface area contributed by atoms with Crippen LogP contribution in [0.3, 0.4) is 0 Å². The third kappa shape index (κ3) is 3.79. The second kappa shape index (κ2) is 8.19. The average Bonchev–Trinajstić information content (AvgIpc) is 2.75. The fourth-order valence-corrected chi connectivity index (χ4v) is 5.55. The van der Waals surface area contributed by atoms with Crippen LogP contribution in [-0.4, -0.2) is 41.2 Å². The lowest BCUT2D eigenvalue weighted by atomic mass is 9.91. The van der Waals surface area contributed by atoms with Gasteiger partial charge in [0.05, 0.1) is 25.3 Å². The number of morpholine rings is 1. The van der Waals surface area contributed by atoms with Crippen molar-refractivity contribution in [3.63, 3.8) is 0 Å². The van der Waals surface area contributed by atoms with Gasteiger partial charge in [0.2, 0.25) is 0 Å². The zero-order valence-electron chi connectivity index (χ0n) is 16.0. The number of thioether (sulfide) groups is 1. The summed E-state index contributed by atoms with van der Waals surface area (Å²) in [7, 11) is 0. The maximum atomic E-state index is 5.48. The van der Waals surface area contributed by atoms with E-state index in [0.29, 0.717) is 5.25 Å². The molecule has 1 aromatic heterocycles. The molecule has 2 aromatic carbocycles. The van der Waals surface area contributed by atoms with Crippen molar-refractivity contribution in [2.24, 2.45) is 0 Å². The number of aryl methyl sites for hydroxylation is 1. The first-order valence-corrected chi connectivity index (χ1v) is 11.0. The summed E-state index contributed by atoms with van der Waals surface area (Å²) in [5.74, 6) is 0.923. The zero-order chi connectivity index (χ0) is 18.8. The topological polar surface area (TPSA) is 38.2 Å². The van der Waals surface area contributed by atoms with Crippen molar-refractivity contribution in [1.82, 2.24) is 14.9 Å². The minimum Gasteiger partial charge on any atom is -0.379 e. The van der Waals surface area contributed by atoms with Crippen LogP contribution in [0.4, 0.5) is 0 Å². The van der Waals surface area contributed by atoms with Gasteiger partial charge < -0.3 is 4.74 Å². The third-order valence-corrected chi connectivity index (χ3v) is 6.96. The predicted octanol–water partition coefficient (Wildman–Crippen LogP) is 4.63. The fraction of sp³-hybridized carbons (Fsp3) is 0.391. The van der Waals surface area contributed by atoms with Gasteiger partial charge in [-0.2, -0.15) is 0 Å². The minimum absolute atomic E-state index is 0.472. The Kier molecular flexibility index (Phi) is 5.30. The summed E-state index contributed by atoms with van der Waals surface area (Å²) in [6, 6.07) is 17.3. The van der Waals surface area contributed by atoms with Gasteiger partial charge in [-0.05, 0) is 36.5 Å². The van der Waals surface area contributed by atoms with Crippen LogP contribution in [0.25, 0.3) is 10.9 Å². The summed E-state index contributed by atoms with van der Waals surface area (Å²) >= 11 is 1.92. The van der Waals surface area contributed by atoms with Crippen molar-refractivity contribution < 1.29 is 4.74 Å². The second-order valence-electron chi connectivity index (χ2n) is 7.55. The van der Waals surface area contributed by atoms with Crippen LogP contribution in [0.2, 0.25) is 0 Å². The van der Waals surface area contributed by atoms with Crippen LogP contribution >= 0.6 is 11.8 Å². The summed E-state index contributed by atoms with van der Waals surface area (Å²) in [4.78, 5) is 12.3. The Morgan fingerprint density at radius 2 is 1.82 bits per heavy atom. The van der Waals surface area contributed by atoms with Crippen molar-refractivity contribution in [3.05, 3.63) is 65.5 Å². The van der Waals surface area contributed by atoms with Gasteiger partial charge in [-0.3, -0.25) is 4.90 Å². The number of hydrogen-bond donors (Lipinski definition) is 0. The molecular weight excluding hydrogens is 366 g/mol. The number of ether oxygens (including phenoxy) is 1. The molecule has 2 aliphatic rings. The molecule has 0 N–H and O–H groups in total. The van der Waals surface area contributed by atoms with E-state index in [1.807, 2.05) is 11.8 Å². The van der Waals surface area contributed by atoms with E-state index in [9.17, 15) is 0 Å². The van der Waals surface area contributed by atoms with Gasteiger partial charge in [-0.1, -0.05) is 54.2 Å². The molecule has 1 aliphatic heterocycles. The van der Waals surface area contributed by atoms with Gasteiger partial charge in [0, 0.05) is 23.7 Å². The lowest BCUT2D eigenvalue weighted by Crippen LogP contribution is -2.36. The molecule has 1 fully saturated rings. The maximum Gasteiger partial charge on any atom is 0.144 e. The average molecular weight is 392 g/mol. The van der Waals surface area contributed by atoms with Crippen LogP contribution in [-0.2, 0) is 17.7 Å². The molecule has 1 atom stereocenters. The van der Waals surface area contributed by atoms with Crippen LogP contribution in [0.1, 0.15) is 35.0 Å². The normalized spacial score (nSPS) is 20.2. The van der Waals surface area contributed by atoms with Gasteiger partial charge in [-0.25, -0.2) is 9.97 Å². The predicted molar refractivity (Wildman–Crippen MR) is 114 cm³/mol. The lowest BCUT2D eigenvalue weighted by Gasteiger charge is -2.27. The first-order chi connectivity index (χ1) is 13.9. The molecular formula is C23H25N3OS. The third-order valence-electron chi connectivity index (χ3n) is 5.65. The number of benzene rings is 2. The number of nitrogens with zero attached hydrogens (tertiary/aromatic N) is 3. The summed E-state index contributed by atoms with van der Waals surface area (Å²) in [5.41, 5.74) is 4.03. The Labute approximate surface area is 170 Å². The van der Waals surface area contributed by atoms with Crippen molar-refractivity contribution in [1.29, 1.82) is 0 Å². The first kappa shape index (κ1) is 18.1. The van der Waals surface area contributed by atoms with E-state index in [-0.39, 0.29) is 0 Å². The van der Waals surface area contributed by atoms with Crippen LogP contribution in [0.5, 0.6) is 0 Å². The Bertz CT molecular complexity index is 971. The molecule has 0 radical (unpaired) electrons. The molecule has 0 amide bonds. The number of aromatic nitrogens is 2. The Morgan fingerprint density at radius 3 is 2.75 bits per heavy atom. The van der Waals surface area contributed by atoms with Gasteiger partial charge in [0.25, 0.3) is 0 Å². The fourth-order valence-electron chi connectivity index (χ4n) is 4.18. The van der Waals surface area contributed by atoms with Crippen LogP contribution < -0.4 is 0 Å². The molecule has 144 valence electrons. The van der Waals surface area contributed by atoms with Gasteiger partial charge in [0.1, 0.15) is 10.9 Å². The Balaban J connectivity index is 1.48. The first-order valence-electron chi connectivity index (χ1n) is 10.2. The molecule has 0 spiro atoms. The summed E-state index contributed by atoms with van der Waals surface area (Å²) in [5, 5.41) is 2.76. The highest BCUT2D eigenvalue weighted by molar-refractivity contribution is 7.99. The molecule has 1 aliphatic carbocycles. The van der Waals surface area contributed by atoms with Crippen molar-refractivity contribution in [3.8, 4) is 0 Å². The molecule has 2 heterocycles.